The number of hydrogen-bond donors (Lipinski definition) is 1. The summed E-state index contributed by atoms with van der Waals surface area (Å²) in [6.07, 6.45) is 0. The highest BCUT2D eigenvalue weighted by Gasteiger charge is 2.45. The van der Waals surface area contributed by atoms with Gasteiger partial charge in [-0.1, -0.05) is 23.2 Å². The predicted octanol–water partition coefficient (Wildman–Crippen LogP) is 2.82. The lowest BCUT2D eigenvalue weighted by molar-refractivity contribution is -0.125. The molecular formula is C12H12Cl2N2O2. The molecule has 96 valence electrons. The van der Waals surface area contributed by atoms with Crippen LogP contribution < -0.4 is 5.32 Å². The topological polar surface area (TPSA) is 49.4 Å². The summed E-state index contributed by atoms with van der Waals surface area (Å²) in [4.78, 5) is 24.8. The average molecular weight is 287 g/mol. The van der Waals surface area contributed by atoms with Gasteiger partial charge in [-0.2, -0.15) is 0 Å². The summed E-state index contributed by atoms with van der Waals surface area (Å²) < 4.78 is 0. The lowest BCUT2D eigenvalue weighted by Crippen LogP contribution is -2.43. The van der Waals surface area contributed by atoms with Crippen LogP contribution in [0.4, 0.5) is 4.79 Å². The molecule has 1 saturated heterocycles. The first-order valence-electron chi connectivity index (χ1n) is 5.39. The van der Waals surface area contributed by atoms with E-state index in [0.717, 1.165) is 0 Å². The molecule has 1 N–H and O–H groups in total. The fraction of sp³-hybridized carbons (Fsp3) is 0.333. The summed E-state index contributed by atoms with van der Waals surface area (Å²) in [5.74, 6) is -0.314. The van der Waals surface area contributed by atoms with Crippen molar-refractivity contribution in [1.82, 2.24) is 10.2 Å². The van der Waals surface area contributed by atoms with E-state index in [4.69, 9.17) is 23.2 Å². The van der Waals surface area contributed by atoms with Crippen molar-refractivity contribution in [1.29, 1.82) is 0 Å². The molecule has 1 fully saturated rings. The number of carbonyl (C=O) groups is 2. The molecule has 2 rings (SSSR count). The number of carbonyl (C=O) groups excluding carboxylic acids is 2. The molecule has 4 nitrogen and oxygen atoms in total. The second-order valence-corrected chi connectivity index (χ2v) is 5.48. The van der Waals surface area contributed by atoms with Crippen LogP contribution in [-0.2, 0) is 11.3 Å². The van der Waals surface area contributed by atoms with Crippen molar-refractivity contribution in [3.63, 3.8) is 0 Å². The van der Waals surface area contributed by atoms with Gasteiger partial charge in [-0.15, -0.1) is 0 Å². The molecule has 1 aliphatic heterocycles. The fourth-order valence-electron chi connectivity index (χ4n) is 1.80. The summed E-state index contributed by atoms with van der Waals surface area (Å²) in [7, 11) is 0. The Hall–Kier alpha value is -1.26. The van der Waals surface area contributed by atoms with Crippen LogP contribution in [0.15, 0.2) is 18.2 Å². The number of halogens is 2. The van der Waals surface area contributed by atoms with Crippen molar-refractivity contribution >= 4 is 35.1 Å². The minimum absolute atomic E-state index is 0.240. The van der Waals surface area contributed by atoms with Crippen LogP contribution in [0.5, 0.6) is 0 Å². The molecule has 0 aromatic heterocycles. The Morgan fingerprint density at radius 3 is 2.50 bits per heavy atom. The number of rotatable bonds is 2. The van der Waals surface area contributed by atoms with Gasteiger partial charge in [-0.05, 0) is 37.6 Å². The Bertz CT molecular complexity index is 529. The van der Waals surface area contributed by atoms with E-state index in [2.05, 4.69) is 5.32 Å². The molecule has 0 atom stereocenters. The molecule has 1 aromatic rings. The first-order valence-corrected chi connectivity index (χ1v) is 6.15. The highest BCUT2D eigenvalue weighted by molar-refractivity contribution is 6.33. The summed E-state index contributed by atoms with van der Waals surface area (Å²) >= 11 is 11.9. The first-order chi connectivity index (χ1) is 8.32. The third-order valence-electron chi connectivity index (χ3n) is 3.03. The average Bonchev–Trinajstić information content (AvgIpc) is 2.46. The van der Waals surface area contributed by atoms with Crippen LogP contribution in [0, 0.1) is 0 Å². The van der Waals surface area contributed by atoms with Gasteiger partial charge in [0.15, 0.2) is 0 Å². The Morgan fingerprint density at radius 1 is 1.28 bits per heavy atom. The molecule has 6 heteroatoms. The van der Waals surface area contributed by atoms with Gasteiger partial charge in [0.25, 0.3) is 5.91 Å². The molecular weight excluding hydrogens is 275 g/mol. The maximum absolute atomic E-state index is 11.7. The Balaban J connectivity index is 2.31. The molecule has 0 spiro atoms. The molecule has 0 saturated carbocycles. The fourth-order valence-corrected chi connectivity index (χ4v) is 2.17. The highest BCUT2D eigenvalue weighted by Crippen LogP contribution is 2.27. The van der Waals surface area contributed by atoms with E-state index in [-0.39, 0.29) is 12.5 Å². The lowest BCUT2D eigenvalue weighted by Gasteiger charge is -2.28. The molecule has 0 radical (unpaired) electrons. The summed E-state index contributed by atoms with van der Waals surface area (Å²) in [5.41, 5.74) is -0.176. The van der Waals surface area contributed by atoms with Crippen molar-refractivity contribution < 1.29 is 9.59 Å². The van der Waals surface area contributed by atoms with Gasteiger partial charge >= 0.3 is 6.03 Å². The molecule has 1 aliphatic rings. The van der Waals surface area contributed by atoms with E-state index in [0.29, 0.717) is 15.6 Å². The SMILES string of the molecule is CC1(C)C(=O)NC(=O)N1Cc1cc(Cl)ccc1Cl. The van der Waals surface area contributed by atoms with Gasteiger partial charge in [0.2, 0.25) is 0 Å². The normalized spacial score (nSPS) is 18.1. The summed E-state index contributed by atoms with van der Waals surface area (Å²) in [6.45, 7) is 3.61. The van der Waals surface area contributed by atoms with Gasteiger partial charge in [-0.25, -0.2) is 4.79 Å². The molecule has 0 bridgehead atoms. The Labute approximate surface area is 115 Å². The molecule has 0 aliphatic carbocycles. The largest absolute Gasteiger partial charge is 0.325 e. The van der Waals surface area contributed by atoms with Crippen molar-refractivity contribution in [2.45, 2.75) is 25.9 Å². The molecule has 3 amide bonds. The van der Waals surface area contributed by atoms with Crippen LogP contribution in [-0.4, -0.2) is 22.4 Å². The zero-order valence-corrected chi connectivity index (χ0v) is 11.5. The van der Waals surface area contributed by atoms with Crippen LogP contribution >= 0.6 is 23.2 Å². The van der Waals surface area contributed by atoms with Crippen molar-refractivity contribution in [3.05, 3.63) is 33.8 Å². The number of imide groups is 1. The zero-order valence-electron chi connectivity index (χ0n) is 9.96. The van der Waals surface area contributed by atoms with Crippen LogP contribution in [0.2, 0.25) is 10.0 Å². The maximum Gasteiger partial charge on any atom is 0.325 e. The monoisotopic (exact) mass is 286 g/mol. The van der Waals surface area contributed by atoms with Crippen LogP contribution in [0.1, 0.15) is 19.4 Å². The van der Waals surface area contributed by atoms with Gasteiger partial charge in [0.05, 0.1) is 6.54 Å². The van der Waals surface area contributed by atoms with E-state index in [1.807, 2.05) is 0 Å². The summed E-state index contributed by atoms with van der Waals surface area (Å²) in [6, 6.07) is 4.62. The zero-order chi connectivity index (χ0) is 13.5. The minimum Gasteiger partial charge on any atom is -0.306 e. The van der Waals surface area contributed by atoms with E-state index >= 15 is 0 Å². The third kappa shape index (κ3) is 2.18. The number of amides is 3. The van der Waals surface area contributed by atoms with Crippen LogP contribution in [0.3, 0.4) is 0 Å². The number of hydrogen-bond acceptors (Lipinski definition) is 2. The van der Waals surface area contributed by atoms with Gasteiger partial charge < -0.3 is 4.90 Å². The standard InChI is InChI=1S/C12H12Cl2N2O2/c1-12(2)10(17)15-11(18)16(12)6-7-5-8(13)3-4-9(7)14/h3-5H,6H2,1-2H3,(H,15,17,18). The van der Waals surface area contributed by atoms with Crippen LogP contribution in [0.25, 0.3) is 0 Å². The van der Waals surface area contributed by atoms with E-state index in [9.17, 15) is 9.59 Å². The Kier molecular flexibility index (Phi) is 3.25. The molecule has 1 aromatic carbocycles. The molecule has 0 unspecified atom stereocenters. The quantitative estimate of drug-likeness (QED) is 0.850. The minimum atomic E-state index is -0.886. The second-order valence-electron chi connectivity index (χ2n) is 4.64. The maximum atomic E-state index is 11.7. The van der Waals surface area contributed by atoms with Gasteiger partial charge in [0, 0.05) is 10.0 Å². The smallest absolute Gasteiger partial charge is 0.306 e. The number of urea groups is 1. The number of nitrogens with zero attached hydrogens (tertiary/aromatic N) is 1. The van der Waals surface area contributed by atoms with Crippen molar-refractivity contribution in [3.8, 4) is 0 Å². The highest BCUT2D eigenvalue weighted by atomic mass is 35.5. The van der Waals surface area contributed by atoms with E-state index in [1.54, 1.807) is 32.0 Å². The van der Waals surface area contributed by atoms with Crippen molar-refractivity contribution in [2.24, 2.45) is 0 Å². The molecule has 18 heavy (non-hydrogen) atoms. The van der Waals surface area contributed by atoms with E-state index < -0.39 is 11.6 Å². The Morgan fingerprint density at radius 2 is 1.94 bits per heavy atom. The first kappa shape index (κ1) is 13.2. The summed E-state index contributed by atoms with van der Waals surface area (Å²) in [5, 5.41) is 3.34. The third-order valence-corrected chi connectivity index (χ3v) is 3.64. The van der Waals surface area contributed by atoms with Crippen molar-refractivity contribution in [2.75, 3.05) is 0 Å². The number of benzene rings is 1. The van der Waals surface area contributed by atoms with Gasteiger partial charge in [-0.3, -0.25) is 10.1 Å². The molecule has 1 heterocycles. The van der Waals surface area contributed by atoms with Gasteiger partial charge in [0.1, 0.15) is 5.54 Å². The second kappa shape index (κ2) is 4.44. The lowest BCUT2D eigenvalue weighted by atomic mass is 10.0. The van der Waals surface area contributed by atoms with E-state index in [1.165, 1.54) is 4.90 Å². The number of nitrogens with one attached hydrogen (secondary N) is 1. The predicted molar refractivity (Wildman–Crippen MR) is 69.6 cm³/mol.